The minimum absolute atomic E-state index is 0.969. The van der Waals surface area contributed by atoms with Gasteiger partial charge in [-0.05, 0) is 22.9 Å². The lowest BCUT2D eigenvalue weighted by Gasteiger charge is -2.09. The van der Waals surface area contributed by atoms with E-state index in [9.17, 15) is 0 Å². The number of hydrogen-bond donors (Lipinski definition) is 0. The Hall–Kier alpha value is -2.20. The van der Waals surface area contributed by atoms with Gasteiger partial charge in [0.1, 0.15) is 0 Å². The molecule has 0 saturated carbocycles. The fourth-order valence-corrected chi connectivity index (χ4v) is 3.34. The zero-order valence-corrected chi connectivity index (χ0v) is 11.2. The number of benzene rings is 1. The van der Waals surface area contributed by atoms with Gasteiger partial charge in [0.05, 0.1) is 16.6 Å². The summed E-state index contributed by atoms with van der Waals surface area (Å²) in [6.07, 6.45) is 5.18. The maximum absolute atomic E-state index is 4.36. The number of aryl methyl sites for hydroxylation is 1. The van der Waals surface area contributed by atoms with Gasteiger partial charge in [-0.3, -0.25) is 0 Å². The van der Waals surface area contributed by atoms with Crippen LogP contribution in [0.3, 0.4) is 0 Å². The lowest BCUT2D eigenvalue weighted by molar-refractivity contribution is 0.808. The third kappa shape index (κ3) is 1.50. The molecule has 2 aromatic heterocycles. The molecule has 3 nitrogen and oxygen atoms in total. The van der Waals surface area contributed by atoms with Crippen LogP contribution in [0, 0.1) is 0 Å². The van der Waals surface area contributed by atoms with Gasteiger partial charge in [-0.15, -0.1) is 11.3 Å². The Morgan fingerprint density at radius 2 is 2.11 bits per heavy atom. The second-order valence-electron chi connectivity index (χ2n) is 4.49. The number of thiophene rings is 1. The Labute approximate surface area is 114 Å². The number of hydrogen-bond acceptors (Lipinski definition) is 2. The lowest BCUT2D eigenvalue weighted by atomic mass is 10.3. The molecule has 1 aliphatic heterocycles. The molecule has 0 spiro atoms. The van der Waals surface area contributed by atoms with Gasteiger partial charge in [0.25, 0.3) is 0 Å². The number of aliphatic imine (C=N–C) groups is 1. The molecule has 0 N–H and O–H groups in total. The van der Waals surface area contributed by atoms with Crippen molar-refractivity contribution in [2.75, 3.05) is 0 Å². The fraction of sp³-hybridized carbons (Fsp3) is 0.0667. The Morgan fingerprint density at radius 3 is 3.05 bits per heavy atom. The lowest BCUT2D eigenvalue weighted by Crippen LogP contribution is -2.30. The van der Waals surface area contributed by atoms with Gasteiger partial charge in [0.15, 0.2) is 5.49 Å². The third-order valence-electron chi connectivity index (χ3n) is 3.32. The van der Waals surface area contributed by atoms with Crippen LogP contribution in [-0.2, 0) is 7.05 Å². The number of para-hydroxylation sites is 2. The molecule has 0 aliphatic carbocycles. The van der Waals surface area contributed by atoms with Crippen molar-refractivity contribution in [1.82, 2.24) is 9.14 Å². The number of nitrogens with zero attached hydrogens (tertiary/aromatic N) is 3. The smallest absolute Gasteiger partial charge is 0.208 e. The first kappa shape index (κ1) is 10.7. The maximum atomic E-state index is 4.36. The quantitative estimate of drug-likeness (QED) is 0.440. The molecule has 0 fully saturated rings. The van der Waals surface area contributed by atoms with Gasteiger partial charge in [-0.1, -0.05) is 24.3 Å². The zero-order valence-electron chi connectivity index (χ0n) is 10.4. The predicted molar refractivity (Wildman–Crippen MR) is 79.3 cm³/mol. The van der Waals surface area contributed by atoms with E-state index in [1.807, 2.05) is 22.8 Å². The Bertz CT molecular complexity index is 884. The van der Waals surface area contributed by atoms with Crippen LogP contribution >= 0.6 is 11.3 Å². The molecule has 0 amide bonds. The van der Waals surface area contributed by atoms with Crippen molar-refractivity contribution >= 4 is 39.1 Å². The summed E-state index contributed by atoms with van der Waals surface area (Å²) in [6, 6.07) is 12.4. The topological polar surface area (TPSA) is 20.3 Å². The minimum Gasteiger partial charge on any atom is -0.324 e. The number of aromatic nitrogens is 1. The molecular formula is C15H11N3S. The number of pyridine rings is 1. The number of fused-ring (bicyclic) bond motifs is 2. The van der Waals surface area contributed by atoms with Crippen LogP contribution < -0.4 is 10.1 Å². The molecule has 0 bridgehead atoms. The average molecular weight is 265 g/mol. The summed E-state index contributed by atoms with van der Waals surface area (Å²) in [4.78, 5) is 4.36. The van der Waals surface area contributed by atoms with E-state index in [0.717, 1.165) is 16.9 Å². The highest BCUT2D eigenvalue weighted by Crippen LogP contribution is 2.29. The molecule has 0 radical (unpaired) electrons. The standard InChI is InChI=1S/C15H11N3S/c1-17-8-6-11-7-9-19-14(11)15(17)18-10-16-12-4-2-3-5-13(12)18/h2-9H,1H3. The van der Waals surface area contributed by atoms with E-state index in [0.29, 0.717) is 0 Å². The molecule has 3 aromatic rings. The van der Waals surface area contributed by atoms with E-state index < -0.39 is 0 Å². The van der Waals surface area contributed by atoms with Crippen molar-refractivity contribution in [2.45, 2.75) is 0 Å². The Morgan fingerprint density at radius 1 is 1.21 bits per heavy atom. The Kier molecular flexibility index (Phi) is 2.19. The summed E-state index contributed by atoms with van der Waals surface area (Å²) in [5.74, 6) is 0. The van der Waals surface area contributed by atoms with Gasteiger partial charge in [-0.2, -0.15) is 0 Å². The highest BCUT2D eigenvalue weighted by Gasteiger charge is 2.11. The van der Waals surface area contributed by atoms with Crippen molar-refractivity contribution in [3.63, 3.8) is 0 Å². The molecule has 4 heteroatoms. The van der Waals surface area contributed by atoms with Crippen molar-refractivity contribution in [1.29, 1.82) is 0 Å². The van der Waals surface area contributed by atoms with Crippen LogP contribution in [0.5, 0.6) is 0 Å². The summed E-state index contributed by atoms with van der Waals surface area (Å²) in [5, 5.41) is 3.37. The van der Waals surface area contributed by atoms with E-state index in [1.54, 1.807) is 11.3 Å². The van der Waals surface area contributed by atoms with Gasteiger partial charge in [-0.25, -0.2) is 4.99 Å². The molecule has 1 aromatic carbocycles. The van der Waals surface area contributed by atoms with Gasteiger partial charge in [0, 0.05) is 12.7 Å². The summed E-state index contributed by atoms with van der Waals surface area (Å²) in [6.45, 7) is 0. The van der Waals surface area contributed by atoms with E-state index in [2.05, 4.69) is 52.7 Å². The van der Waals surface area contributed by atoms with E-state index in [1.165, 1.54) is 10.1 Å². The first-order valence-electron chi connectivity index (χ1n) is 6.06. The molecule has 4 rings (SSSR count). The van der Waals surface area contributed by atoms with Crippen LogP contribution in [0.25, 0.3) is 10.1 Å². The van der Waals surface area contributed by atoms with Crippen molar-refractivity contribution in [3.05, 3.63) is 53.5 Å². The van der Waals surface area contributed by atoms with Crippen LogP contribution in [-0.4, -0.2) is 10.9 Å². The molecule has 1 aliphatic rings. The third-order valence-corrected chi connectivity index (χ3v) is 4.24. The summed E-state index contributed by atoms with van der Waals surface area (Å²) >= 11 is 1.75. The minimum atomic E-state index is 0.969. The molecule has 92 valence electrons. The van der Waals surface area contributed by atoms with Crippen LogP contribution in [0.15, 0.2) is 53.0 Å². The monoisotopic (exact) mass is 265 g/mol. The molecule has 3 heterocycles. The van der Waals surface area contributed by atoms with Crippen LogP contribution in [0.2, 0.25) is 0 Å². The molecule has 0 saturated heterocycles. The fourth-order valence-electron chi connectivity index (χ4n) is 2.38. The highest BCUT2D eigenvalue weighted by atomic mass is 32.1. The van der Waals surface area contributed by atoms with Gasteiger partial charge >= 0.3 is 0 Å². The van der Waals surface area contributed by atoms with E-state index >= 15 is 0 Å². The summed E-state index contributed by atoms with van der Waals surface area (Å²) in [7, 11) is 2.05. The second-order valence-corrected chi connectivity index (χ2v) is 5.41. The van der Waals surface area contributed by atoms with Crippen LogP contribution in [0.4, 0.5) is 11.4 Å². The molecule has 0 unspecified atom stereocenters. The number of rotatable bonds is 0. The normalized spacial score (nSPS) is 16.1. The molecule has 19 heavy (non-hydrogen) atoms. The Balaban J connectivity index is 2.22. The van der Waals surface area contributed by atoms with Gasteiger partial charge in [0.2, 0.25) is 6.34 Å². The van der Waals surface area contributed by atoms with Crippen molar-refractivity contribution < 1.29 is 0 Å². The maximum Gasteiger partial charge on any atom is 0.208 e. The zero-order chi connectivity index (χ0) is 12.8. The second kappa shape index (κ2) is 3.90. The van der Waals surface area contributed by atoms with E-state index in [4.69, 9.17) is 0 Å². The highest BCUT2D eigenvalue weighted by molar-refractivity contribution is 7.17. The molecular weight excluding hydrogens is 254 g/mol. The van der Waals surface area contributed by atoms with Crippen molar-refractivity contribution in [2.24, 2.45) is 12.0 Å². The summed E-state index contributed by atoms with van der Waals surface area (Å²) in [5.41, 5.74) is 3.16. The van der Waals surface area contributed by atoms with Crippen molar-refractivity contribution in [3.8, 4) is 0 Å². The van der Waals surface area contributed by atoms with Gasteiger partial charge < -0.3 is 9.14 Å². The summed E-state index contributed by atoms with van der Waals surface area (Å²) < 4.78 is 5.40. The SMILES string of the molecule is Cn1ccc2ccsc2c1=[N+]1[C-]=Nc2ccccc21. The first-order chi connectivity index (χ1) is 9.34. The first-order valence-corrected chi connectivity index (χ1v) is 6.94. The van der Waals surface area contributed by atoms with Crippen LogP contribution in [0.1, 0.15) is 0 Å². The molecule has 0 atom stereocenters. The predicted octanol–water partition coefficient (Wildman–Crippen LogP) is 2.89. The largest absolute Gasteiger partial charge is 0.324 e. The average Bonchev–Trinajstić information content (AvgIpc) is 3.05. The van der Waals surface area contributed by atoms with E-state index in [-0.39, 0.29) is 0 Å².